The first-order chi connectivity index (χ1) is 8.43. The van der Waals surface area contributed by atoms with Crippen molar-refractivity contribution in [1.82, 2.24) is 0 Å². The summed E-state index contributed by atoms with van der Waals surface area (Å²) in [5.41, 5.74) is 0.312. The van der Waals surface area contributed by atoms with Crippen molar-refractivity contribution in [3.63, 3.8) is 0 Å². The van der Waals surface area contributed by atoms with Crippen LogP contribution in [0.25, 0.3) is 0 Å². The Morgan fingerprint density at radius 2 is 2.22 bits per heavy atom. The fraction of sp³-hybridized carbons (Fsp3) is 0.667. The van der Waals surface area contributed by atoms with Crippen molar-refractivity contribution in [3.05, 3.63) is 12.2 Å². The Labute approximate surface area is 111 Å². The van der Waals surface area contributed by atoms with Crippen LogP contribution in [0.2, 0.25) is 0 Å². The summed E-state index contributed by atoms with van der Waals surface area (Å²) in [5, 5.41) is 0. The van der Waals surface area contributed by atoms with Crippen molar-refractivity contribution < 1.29 is 23.8 Å². The van der Waals surface area contributed by atoms with Crippen molar-refractivity contribution >= 4 is 23.7 Å². The minimum atomic E-state index is -0.631. The zero-order valence-corrected chi connectivity index (χ0v) is 11.5. The van der Waals surface area contributed by atoms with E-state index in [0.717, 1.165) is 5.75 Å². The quantitative estimate of drug-likeness (QED) is 0.559. The highest BCUT2D eigenvalue weighted by molar-refractivity contribution is 8.00. The Morgan fingerprint density at radius 3 is 2.78 bits per heavy atom. The Hall–Kier alpha value is -1.01. The van der Waals surface area contributed by atoms with Crippen molar-refractivity contribution in [2.75, 3.05) is 25.6 Å². The lowest BCUT2D eigenvalue weighted by Crippen LogP contribution is -2.37. The molecule has 0 radical (unpaired) electrons. The monoisotopic (exact) mass is 274 g/mol. The van der Waals surface area contributed by atoms with Crippen LogP contribution in [0, 0.1) is 0 Å². The van der Waals surface area contributed by atoms with E-state index in [1.54, 1.807) is 18.7 Å². The molecule has 1 atom stereocenters. The summed E-state index contributed by atoms with van der Waals surface area (Å²) in [7, 11) is 0. The molecule has 102 valence electrons. The standard InChI is InChI=1S/C12H18O5S/c1-9(2)11(14)16-5-4-10(13)17-12(3)8-15-6-7-18-12/h1,4-8H2,2-3H3. The summed E-state index contributed by atoms with van der Waals surface area (Å²) in [5.74, 6) is -0.0940. The van der Waals surface area contributed by atoms with Crippen LogP contribution in [0.4, 0.5) is 0 Å². The lowest BCUT2D eigenvalue weighted by molar-refractivity contribution is -0.156. The third-order valence-electron chi connectivity index (χ3n) is 2.22. The number of esters is 2. The van der Waals surface area contributed by atoms with Gasteiger partial charge in [-0.25, -0.2) is 4.79 Å². The van der Waals surface area contributed by atoms with Crippen LogP contribution in [-0.2, 0) is 23.8 Å². The summed E-state index contributed by atoms with van der Waals surface area (Å²) in [4.78, 5) is 22.0. The molecular weight excluding hydrogens is 256 g/mol. The van der Waals surface area contributed by atoms with Crippen LogP contribution in [0.3, 0.4) is 0 Å². The van der Waals surface area contributed by atoms with Gasteiger partial charge in [-0.2, -0.15) is 0 Å². The Morgan fingerprint density at radius 1 is 1.50 bits per heavy atom. The van der Waals surface area contributed by atoms with Gasteiger partial charge in [0.2, 0.25) is 0 Å². The molecule has 1 heterocycles. The number of rotatable bonds is 5. The minimum absolute atomic E-state index is 0.00608. The van der Waals surface area contributed by atoms with Crippen LogP contribution >= 0.6 is 11.8 Å². The number of carbonyl (C=O) groups excluding carboxylic acids is 2. The molecule has 18 heavy (non-hydrogen) atoms. The molecule has 6 heteroatoms. The molecule has 1 saturated heterocycles. The van der Waals surface area contributed by atoms with E-state index in [-0.39, 0.29) is 13.0 Å². The zero-order valence-electron chi connectivity index (χ0n) is 10.7. The number of carbonyl (C=O) groups is 2. The van der Waals surface area contributed by atoms with Crippen LogP contribution in [0.5, 0.6) is 0 Å². The molecule has 0 aromatic rings. The van der Waals surface area contributed by atoms with Crippen molar-refractivity contribution in [2.45, 2.75) is 25.2 Å². The molecule has 1 rings (SSSR count). The minimum Gasteiger partial charge on any atom is -0.462 e. The zero-order chi connectivity index (χ0) is 13.6. The highest BCUT2D eigenvalue weighted by atomic mass is 32.2. The molecule has 0 aliphatic carbocycles. The van der Waals surface area contributed by atoms with E-state index in [1.165, 1.54) is 0 Å². The molecule has 0 saturated carbocycles. The normalized spacial score (nSPS) is 23.2. The van der Waals surface area contributed by atoms with Gasteiger partial charge in [-0.3, -0.25) is 4.79 Å². The van der Waals surface area contributed by atoms with Gasteiger partial charge < -0.3 is 14.2 Å². The first-order valence-electron chi connectivity index (χ1n) is 5.69. The van der Waals surface area contributed by atoms with E-state index in [1.807, 2.05) is 6.92 Å². The Kier molecular flexibility index (Phi) is 5.68. The van der Waals surface area contributed by atoms with Crippen molar-refractivity contribution in [3.8, 4) is 0 Å². The summed E-state index contributed by atoms with van der Waals surface area (Å²) in [6.45, 7) is 7.88. The van der Waals surface area contributed by atoms with Gasteiger partial charge in [-0.15, -0.1) is 11.8 Å². The summed E-state index contributed by atoms with van der Waals surface area (Å²) in [6, 6.07) is 0. The second kappa shape index (κ2) is 6.80. The second-order valence-electron chi connectivity index (χ2n) is 4.18. The van der Waals surface area contributed by atoms with Gasteiger partial charge in [0.25, 0.3) is 0 Å². The first kappa shape index (κ1) is 15.0. The highest BCUT2D eigenvalue weighted by Crippen LogP contribution is 2.30. The smallest absolute Gasteiger partial charge is 0.333 e. The lowest BCUT2D eigenvalue weighted by atomic mass is 10.3. The van der Waals surface area contributed by atoms with Gasteiger partial charge in [0, 0.05) is 11.3 Å². The Balaban J connectivity index is 2.25. The second-order valence-corrected chi connectivity index (χ2v) is 5.74. The van der Waals surface area contributed by atoms with Gasteiger partial charge in [0.1, 0.15) is 6.61 Å². The average molecular weight is 274 g/mol. The van der Waals surface area contributed by atoms with Gasteiger partial charge in [-0.05, 0) is 13.8 Å². The van der Waals surface area contributed by atoms with E-state index in [9.17, 15) is 9.59 Å². The summed E-state index contributed by atoms with van der Waals surface area (Å²) in [6.07, 6.45) is 0.0369. The molecule has 5 nitrogen and oxygen atoms in total. The average Bonchev–Trinajstić information content (AvgIpc) is 2.28. The molecule has 0 aromatic carbocycles. The molecule has 1 unspecified atom stereocenters. The molecule has 0 spiro atoms. The van der Waals surface area contributed by atoms with Gasteiger partial charge >= 0.3 is 11.9 Å². The maximum atomic E-state index is 11.6. The largest absolute Gasteiger partial charge is 0.462 e. The van der Waals surface area contributed by atoms with Gasteiger partial charge in [0.05, 0.1) is 19.6 Å². The number of ether oxygens (including phenoxy) is 3. The maximum Gasteiger partial charge on any atom is 0.333 e. The molecule has 0 aromatic heterocycles. The third kappa shape index (κ3) is 5.10. The van der Waals surface area contributed by atoms with Crippen LogP contribution in [-0.4, -0.2) is 42.4 Å². The van der Waals surface area contributed by atoms with Crippen molar-refractivity contribution in [1.29, 1.82) is 0 Å². The molecule has 1 aliphatic rings. The van der Waals surface area contributed by atoms with E-state index >= 15 is 0 Å². The fourth-order valence-corrected chi connectivity index (χ4v) is 2.27. The van der Waals surface area contributed by atoms with Crippen LogP contribution in [0.15, 0.2) is 12.2 Å². The molecule has 1 aliphatic heterocycles. The number of hydrogen-bond donors (Lipinski definition) is 0. The van der Waals surface area contributed by atoms with E-state index < -0.39 is 16.9 Å². The predicted molar refractivity (Wildman–Crippen MR) is 68.2 cm³/mol. The van der Waals surface area contributed by atoms with Crippen LogP contribution < -0.4 is 0 Å². The molecule has 0 N–H and O–H groups in total. The van der Waals surface area contributed by atoms with Gasteiger partial charge in [0.15, 0.2) is 4.93 Å². The maximum absolute atomic E-state index is 11.6. The lowest BCUT2D eigenvalue weighted by Gasteiger charge is -2.32. The molecule has 0 bridgehead atoms. The van der Waals surface area contributed by atoms with E-state index in [2.05, 4.69) is 6.58 Å². The summed E-state index contributed by atoms with van der Waals surface area (Å²) >= 11 is 1.55. The van der Waals surface area contributed by atoms with E-state index in [0.29, 0.717) is 18.8 Å². The fourth-order valence-electron chi connectivity index (χ4n) is 1.32. The molecular formula is C12H18O5S. The molecule has 1 fully saturated rings. The van der Waals surface area contributed by atoms with Crippen LogP contribution in [0.1, 0.15) is 20.3 Å². The predicted octanol–water partition coefficient (Wildman–Crippen LogP) is 1.52. The van der Waals surface area contributed by atoms with Gasteiger partial charge in [-0.1, -0.05) is 6.58 Å². The SMILES string of the molecule is C=C(C)C(=O)OCCC(=O)OC1(C)COCCS1. The molecule has 0 amide bonds. The summed E-state index contributed by atoms with van der Waals surface area (Å²) < 4.78 is 15.4. The van der Waals surface area contributed by atoms with Crippen molar-refractivity contribution in [2.24, 2.45) is 0 Å². The highest BCUT2D eigenvalue weighted by Gasteiger charge is 2.32. The number of hydrogen-bond acceptors (Lipinski definition) is 6. The third-order valence-corrected chi connectivity index (χ3v) is 3.40. The topological polar surface area (TPSA) is 61.8 Å². The van der Waals surface area contributed by atoms with E-state index in [4.69, 9.17) is 14.2 Å². The first-order valence-corrected chi connectivity index (χ1v) is 6.68. The number of thioether (sulfide) groups is 1. The Bertz CT molecular complexity index is 333.